The molecule has 2 atom stereocenters. The molecular formula is C15H22N2O3. The number of hydrogen-bond donors (Lipinski definition) is 2. The maximum atomic E-state index is 12.0. The van der Waals surface area contributed by atoms with Crippen LogP contribution in [0.1, 0.15) is 25.8 Å². The molecule has 1 aromatic carbocycles. The van der Waals surface area contributed by atoms with Gasteiger partial charge in [0.15, 0.2) is 6.61 Å². The number of para-hydroxylation sites is 1. The van der Waals surface area contributed by atoms with Gasteiger partial charge in [-0.1, -0.05) is 18.2 Å². The van der Waals surface area contributed by atoms with Gasteiger partial charge in [0.2, 0.25) is 0 Å². The number of nitrogens with two attached hydrogens (primary N) is 1. The standard InChI is InChI=1S/C15H22N2O3/c1-11-15(2,7-8-19-11)17-14(18)10-20-13-6-4-3-5-12(13)9-16/h3-6,11H,7-10,16H2,1-2H3,(H,17,18). The summed E-state index contributed by atoms with van der Waals surface area (Å²) in [5.41, 5.74) is 6.21. The summed E-state index contributed by atoms with van der Waals surface area (Å²) < 4.78 is 11.0. The first-order valence-electron chi connectivity index (χ1n) is 6.88. The zero-order valence-electron chi connectivity index (χ0n) is 12.0. The van der Waals surface area contributed by atoms with E-state index in [1.165, 1.54) is 0 Å². The van der Waals surface area contributed by atoms with Gasteiger partial charge in [-0.05, 0) is 26.3 Å². The molecule has 2 unspecified atom stereocenters. The van der Waals surface area contributed by atoms with Gasteiger partial charge in [-0.2, -0.15) is 0 Å². The Morgan fingerprint density at radius 2 is 2.30 bits per heavy atom. The van der Waals surface area contributed by atoms with Crippen LogP contribution >= 0.6 is 0 Å². The Balaban J connectivity index is 1.89. The highest BCUT2D eigenvalue weighted by Crippen LogP contribution is 2.25. The van der Waals surface area contributed by atoms with Crippen molar-refractivity contribution < 1.29 is 14.3 Å². The van der Waals surface area contributed by atoms with E-state index in [4.69, 9.17) is 15.2 Å². The van der Waals surface area contributed by atoms with Crippen LogP contribution < -0.4 is 15.8 Å². The van der Waals surface area contributed by atoms with E-state index in [0.717, 1.165) is 12.0 Å². The largest absolute Gasteiger partial charge is 0.483 e. The Hall–Kier alpha value is -1.59. The highest BCUT2D eigenvalue weighted by Gasteiger charge is 2.38. The highest BCUT2D eigenvalue weighted by atomic mass is 16.5. The van der Waals surface area contributed by atoms with Gasteiger partial charge in [0, 0.05) is 18.7 Å². The molecule has 0 bridgehead atoms. The van der Waals surface area contributed by atoms with Crippen molar-refractivity contribution in [1.82, 2.24) is 5.32 Å². The Morgan fingerprint density at radius 1 is 1.55 bits per heavy atom. The molecule has 1 fully saturated rings. The summed E-state index contributed by atoms with van der Waals surface area (Å²) in [6, 6.07) is 7.47. The molecule has 0 aliphatic carbocycles. The molecule has 1 aliphatic heterocycles. The third-order valence-corrected chi connectivity index (χ3v) is 3.86. The van der Waals surface area contributed by atoms with Crippen molar-refractivity contribution in [1.29, 1.82) is 0 Å². The fourth-order valence-electron chi connectivity index (χ4n) is 2.31. The SMILES string of the molecule is CC1OCCC1(C)NC(=O)COc1ccccc1CN. The lowest BCUT2D eigenvalue weighted by atomic mass is 9.95. The van der Waals surface area contributed by atoms with E-state index in [1.807, 2.05) is 38.1 Å². The molecule has 2 rings (SSSR count). The van der Waals surface area contributed by atoms with Crippen LogP contribution in [0.3, 0.4) is 0 Å². The number of hydrogen-bond acceptors (Lipinski definition) is 4. The zero-order chi connectivity index (χ0) is 14.6. The molecule has 0 spiro atoms. The summed E-state index contributed by atoms with van der Waals surface area (Å²) in [5, 5.41) is 2.99. The van der Waals surface area contributed by atoms with Gasteiger partial charge in [-0.15, -0.1) is 0 Å². The molecule has 20 heavy (non-hydrogen) atoms. The molecule has 5 nitrogen and oxygen atoms in total. The van der Waals surface area contributed by atoms with Crippen molar-refractivity contribution in [3.05, 3.63) is 29.8 Å². The van der Waals surface area contributed by atoms with Gasteiger partial charge in [-0.25, -0.2) is 0 Å². The predicted octanol–water partition coefficient (Wildman–Crippen LogP) is 1.21. The molecule has 5 heteroatoms. The van der Waals surface area contributed by atoms with Crippen LogP contribution in [0.4, 0.5) is 0 Å². The monoisotopic (exact) mass is 278 g/mol. The molecule has 1 amide bonds. The maximum Gasteiger partial charge on any atom is 0.258 e. The lowest BCUT2D eigenvalue weighted by Crippen LogP contribution is -2.52. The van der Waals surface area contributed by atoms with Crippen molar-refractivity contribution in [2.45, 2.75) is 38.5 Å². The van der Waals surface area contributed by atoms with Gasteiger partial charge in [0.1, 0.15) is 5.75 Å². The molecule has 1 heterocycles. The van der Waals surface area contributed by atoms with Gasteiger partial charge < -0.3 is 20.5 Å². The first kappa shape index (κ1) is 14.8. The molecule has 0 saturated carbocycles. The Labute approximate surface area is 119 Å². The minimum Gasteiger partial charge on any atom is -0.483 e. The van der Waals surface area contributed by atoms with E-state index in [1.54, 1.807) is 0 Å². The summed E-state index contributed by atoms with van der Waals surface area (Å²) in [4.78, 5) is 12.0. The maximum absolute atomic E-state index is 12.0. The number of rotatable bonds is 5. The molecule has 3 N–H and O–H groups in total. The van der Waals surface area contributed by atoms with Crippen LogP contribution in [0.25, 0.3) is 0 Å². The van der Waals surface area contributed by atoms with E-state index in [2.05, 4.69) is 5.32 Å². The van der Waals surface area contributed by atoms with Crippen LogP contribution in [0.5, 0.6) is 5.75 Å². The summed E-state index contributed by atoms with van der Waals surface area (Å²) >= 11 is 0. The smallest absolute Gasteiger partial charge is 0.258 e. The fraction of sp³-hybridized carbons (Fsp3) is 0.533. The van der Waals surface area contributed by atoms with E-state index in [9.17, 15) is 4.79 Å². The minimum absolute atomic E-state index is 0.0146. The molecule has 1 saturated heterocycles. The topological polar surface area (TPSA) is 73.6 Å². The van der Waals surface area contributed by atoms with Gasteiger partial charge >= 0.3 is 0 Å². The first-order chi connectivity index (χ1) is 9.55. The lowest BCUT2D eigenvalue weighted by Gasteiger charge is -2.28. The fourth-order valence-corrected chi connectivity index (χ4v) is 2.31. The molecular weight excluding hydrogens is 256 g/mol. The quantitative estimate of drug-likeness (QED) is 0.849. The van der Waals surface area contributed by atoms with Crippen LogP contribution in [0, 0.1) is 0 Å². The van der Waals surface area contributed by atoms with Gasteiger partial charge in [0.05, 0.1) is 11.6 Å². The average Bonchev–Trinajstić information content (AvgIpc) is 2.76. The molecule has 1 aromatic rings. The first-order valence-corrected chi connectivity index (χ1v) is 6.88. The number of carbonyl (C=O) groups is 1. The zero-order valence-corrected chi connectivity index (χ0v) is 12.0. The van der Waals surface area contributed by atoms with E-state index in [0.29, 0.717) is 18.9 Å². The number of amides is 1. The lowest BCUT2D eigenvalue weighted by molar-refractivity contribution is -0.125. The summed E-state index contributed by atoms with van der Waals surface area (Å²) in [5.74, 6) is 0.516. The van der Waals surface area contributed by atoms with Crippen LogP contribution in [-0.4, -0.2) is 30.8 Å². The van der Waals surface area contributed by atoms with E-state index >= 15 is 0 Å². The van der Waals surface area contributed by atoms with Crippen molar-refractivity contribution >= 4 is 5.91 Å². The highest BCUT2D eigenvalue weighted by molar-refractivity contribution is 5.78. The van der Waals surface area contributed by atoms with Crippen molar-refractivity contribution in [3.63, 3.8) is 0 Å². The third-order valence-electron chi connectivity index (χ3n) is 3.86. The third kappa shape index (κ3) is 3.29. The second-order valence-electron chi connectivity index (χ2n) is 5.33. The number of carbonyl (C=O) groups excluding carboxylic acids is 1. The summed E-state index contributed by atoms with van der Waals surface area (Å²) in [7, 11) is 0. The van der Waals surface area contributed by atoms with Crippen molar-refractivity contribution in [3.8, 4) is 5.75 Å². The van der Waals surface area contributed by atoms with Crippen LogP contribution in [0.15, 0.2) is 24.3 Å². The number of benzene rings is 1. The van der Waals surface area contributed by atoms with Gasteiger partial charge in [0.25, 0.3) is 5.91 Å². The Morgan fingerprint density at radius 3 is 2.95 bits per heavy atom. The van der Waals surface area contributed by atoms with E-state index in [-0.39, 0.29) is 24.2 Å². The Bertz CT molecular complexity index is 478. The molecule has 110 valence electrons. The molecule has 1 aliphatic rings. The normalized spacial score (nSPS) is 25.4. The second kappa shape index (κ2) is 6.24. The number of ether oxygens (including phenoxy) is 2. The summed E-state index contributed by atoms with van der Waals surface area (Å²) in [6.45, 7) is 5.02. The van der Waals surface area contributed by atoms with Crippen molar-refractivity contribution in [2.24, 2.45) is 5.73 Å². The summed E-state index contributed by atoms with van der Waals surface area (Å²) in [6.07, 6.45) is 0.835. The van der Waals surface area contributed by atoms with Crippen LogP contribution in [-0.2, 0) is 16.1 Å². The van der Waals surface area contributed by atoms with Crippen molar-refractivity contribution in [2.75, 3.05) is 13.2 Å². The van der Waals surface area contributed by atoms with E-state index < -0.39 is 0 Å². The minimum atomic E-state index is -0.312. The predicted molar refractivity (Wildman–Crippen MR) is 76.4 cm³/mol. The molecule has 0 aromatic heterocycles. The van der Waals surface area contributed by atoms with Gasteiger partial charge in [-0.3, -0.25) is 4.79 Å². The Kier molecular flexibility index (Phi) is 4.62. The molecule has 0 radical (unpaired) electrons. The second-order valence-corrected chi connectivity index (χ2v) is 5.33. The number of nitrogens with one attached hydrogen (secondary N) is 1. The average molecular weight is 278 g/mol. The van der Waals surface area contributed by atoms with Crippen LogP contribution in [0.2, 0.25) is 0 Å².